The van der Waals surface area contributed by atoms with Gasteiger partial charge in [-0.1, -0.05) is 72.3 Å². The van der Waals surface area contributed by atoms with Gasteiger partial charge in [0.15, 0.2) is 0 Å². The largest absolute Gasteiger partial charge is 0.292 e. The summed E-state index contributed by atoms with van der Waals surface area (Å²) in [6.45, 7) is 6.03. The van der Waals surface area contributed by atoms with E-state index in [2.05, 4.69) is 82.5 Å². The highest BCUT2D eigenvalue weighted by Gasteiger charge is 2.17. The van der Waals surface area contributed by atoms with Crippen molar-refractivity contribution in [3.05, 3.63) is 93.5 Å². The van der Waals surface area contributed by atoms with Crippen molar-refractivity contribution >= 4 is 23.2 Å². The molecule has 3 rings (SSSR count). The minimum Gasteiger partial charge on any atom is -0.292 e. The van der Waals surface area contributed by atoms with Crippen LogP contribution in [-0.4, -0.2) is 20.9 Å². The van der Waals surface area contributed by atoms with Crippen LogP contribution in [0.3, 0.4) is 0 Å². The molecule has 5 heteroatoms. The Balaban J connectivity index is 1.73. The molecule has 0 N–H and O–H groups in total. The van der Waals surface area contributed by atoms with Gasteiger partial charge in [-0.2, -0.15) is 0 Å². The third-order valence-corrected chi connectivity index (χ3v) is 5.58. The number of halogens is 2. The second-order valence-corrected chi connectivity index (χ2v) is 7.82. The van der Waals surface area contributed by atoms with Crippen molar-refractivity contribution in [3.8, 4) is 0 Å². The molecule has 0 saturated heterocycles. The molecule has 0 aliphatic heterocycles. The summed E-state index contributed by atoms with van der Waals surface area (Å²) in [5, 5.41) is 0.650. The molecule has 0 bridgehead atoms. The van der Waals surface area contributed by atoms with Crippen LogP contribution in [0.25, 0.3) is 0 Å². The first kappa shape index (κ1) is 20.8. The number of aryl methyl sites for hydroxylation is 1. The van der Waals surface area contributed by atoms with Crippen LogP contribution in [0.4, 0.5) is 0 Å². The average molecular weight is 414 g/mol. The summed E-state index contributed by atoms with van der Waals surface area (Å²) >= 11 is 12.2. The molecule has 3 aromatic rings. The molecular weight excluding hydrogens is 389 g/mol. The van der Waals surface area contributed by atoms with E-state index in [1.54, 1.807) is 0 Å². The molecule has 2 aromatic carbocycles. The zero-order valence-corrected chi connectivity index (χ0v) is 17.8. The predicted molar refractivity (Wildman–Crippen MR) is 117 cm³/mol. The molecule has 146 valence electrons. The topological polar surface area (TPSA) is 29.0 Å². The van der Waals surface area contributed by atoms with Gasteiger partial charge in [-0.05, 0) is 49.4 Å². The third kappa shape index (κ3) is 5.78. The van der Waals surface area contributed by atoms with Crippen molar-refractivity contribution < 1.29 is 0 Å². The van der Waals surface area contributed by atoms with Gasteiger partial charge in [0.2, 0.25) is 5.28 Å². The Morgan fingerprint density at radius 3 is 1.93 bits per heavy atom. The van der Waals surface area contributed by atoms with E-state index in [4.69, 9.17) is 23.2 Å². The maximum absolute atomic E-state index is 6.17. The number of nitrogens with zero attached hydrogens (tertiary/aromatic N) is 3. The Bertz CT molecular complexity index is 844. The van der Waals surface area contributed by atoms with Gasteiger partial charge in [-0.15, -0.1) is 0 Å². The molecular formula is C23H25Cl2N3. The van der Waals surface area contributed by atoms with E-state index in [0.29, 0.717) is 11.2 Å². The Kier molecular flexibility index (Phi) is 7.43. The van der Waals surface area contributed by atoms with Crippen molar-refractivity contribution in [1.29, 1.82) is 0 Å². The van der Waals surface area contributed by atoms with E-state index >= 15 is 0 Å². The lowest BCUT2D eigenvalue weighted by molar-refractivity contribution is 0.181. The first-order valence-corrected chi connectivity index (χ1v) is 10.3. The molecule has 1 heterocycles. The van der Waals surface area contributed by atoms with Crippen LogP contribution in [0.2, 0.25) is 10.4 Å². The average Bonchev–Trinajstić information content (AvgIpc) is 2.70. The highest BCUT2D eigenvalue weighted by Crippen LogP contribution is 2.21. The molecule has 1 aromatic heterocycles. The Hall–Kier alpha value is -1.94. The standard InChI is InChI=1S/C23H25Cl2N3/c1-17(13-14-21-18(2)22(24)27-23(25)26-21)28(15-19-9-5-3-6-10-19)16-20-11-7-4-8-12-20/h3-12,17H,13-16H2,1-2H3. The van der Waals surface area contributed by atoms with Crippen LogP contribution in [0.15, 0.2) is 60.7 Å². The van der Waals surface area contributed by atoms with E-state index < -0.39 is 0 Å². The lowest BCUT2D eigenvalue weighted by Gasteiger charge is -2.29. The summed E-state index contributed by atoms with van der Waals surface area (Å²) in [7, 11) is 0. The van der Waals surface area contributed by atoms with Crippen molar-refractivity contribution in [2.75, 3.05) is 0 Å². The van der Waals surface area contributed by atoms with Crippen LogP contribution in [0.5, 0.6) is 0 Å². The summed E-state index contributed by atoms with van der Waals surface area (Å²) in [6.07, 6.45) is 1.78. The Morgan fingerprint density at radius 1 is 0.857 bits per heavy atom. The fourth-order valence-corrected chi connectivity index (χ4v) is 3.70. The van der Waals surface area contributed by atoms with Gasteiger partial charge in [-0.25, -0.2) is 9.97 Å². The highest BCUT2D eigenvalue weighted by atomic mass is 35.5. The minimum atomic E-state index is 0.212. The molecule has 0 amide bonds. The lowest BCUT2D eigenvalue weighted by atomic mass is 10.0. The van der Waals surface area contributed by atoms with Gasteiger partial charge >= 0.3 is 0 Å². The van der Waals surface area contributed by atoms with Crippen LogP contribution in [-0.2, 0) is 19.5 Å². The predicted octanol–water partition coefficient (Wildman–Crippen LogP) is 6.12. The zero-order valence-electron chi connectivity index (χ0n) is 16.3. The fraction of sp³-hybridized carbons (Fsp3) is 0.304. The summed E-state index contributed by atoms with van der Waals surface area (Å²) in [5.74, 6) is 0. The van der Waals surface area contributed by atoms with E-state index in [1.165, 1.54) is 11.1 Å². The minimum absolute atomic E-state index is 0.212. The molecule has 0 aliphatic carbocycles. The van der Waals surface area contributed by atoms with E-state index in [-0.39, 0.29) is 5.28 Å². The summed E-state index contributed by atoms with van der Waals surface area (Å²) in [4.78, 5) is 10.9. The maximum Gasteiger partial charge on any atom is 0.224 e. The number of hydrogen-bond acceptors (Lipinski definition) is 3. The van der Waals surface area contributed by atoms with E-state index in [0.717, 1.165) is 37.2 Å². The zero-order chi connectivity index (χ0) is 19.9. The third-order valence-electron chi connectivity index (χ3n) is 5.04. The summed E-state index contributed by atoms with van der Waals surface area (Å²) in [6, 6.07) is 21.6. The van der Waals surface area contributed by atoms with Crippen molar-refractivity contribution in [2.45, 2.75) is 45.8 Å². The van der Waals surface area contributed by atoms with Gasteiger partial charge in [0, 0.05) is 30.4 Å². The van der Waals surface area contributed by atoms with Gasteiger partial charge in [0.1, 0.15) is 5.15 Å². The fourth-order valence-electron chi connectivity index (χ4n) is 3.28. The lowest BCUT2D eigenvalue weighted by Crippen LogP contribution is -2.32. The second-order valence-electron chi connectivity index (χ2n) is 7.12. The SMILES string of the molecule is Cc1c(Cl)nc(Cl)nc1CCC(C)N(Cc1ccccc1)Cc1ccccc1. The van der Waals surface area contributed by atoms with Crippen LogP contribution < -0.4 is 0 Å². The first-order valence-electron chi connectivity index (χ1n) is 9.53. The van der Waals surface area contributed by atoms with Gasteiger partial charge in [0.05, 0.1) is 0 Å². The van der Waals surface area contributed by atoms with E-state index in [9.17, 15) is 0 Å². The Morgan fingerprint density at radius 2 is 1.39 bits per heavy atom. The maximum atomic E-state index is 6.17. The molecule has 28 heavy (non-hydrogen) atoms. The highest BCUT2D eigenvalue weighted by molar-refractivity contribution is 6.32. The smallest absolute Gasteiger partial charge is 0.224 e. The first-order chi connectivity index (χ1) is 13.5. The van der Waals surface area contributed by atoms with Crippen molar-refractivity contribution in [2.24, 2.45) is 0 Å². The summed E-state index contributed by atoms with van der Waals surface area (Å²) in [5.41, 5.74) is 4.47. The number of hydrogen-bond donors (Lipinski definition) is 0. The molecule has 0 spiro atoms. The molecule has 0 fully saturated rings. The number of aromatic nitrogens is 2. The van der Waals surface area contributed by atoms with E-state index in [1.807, 2.05) is 6.92 Å². The monoisotopic (exact) mass is 413 g/mol. The second kappa shape index (κ2) is 10.0. The van der Waals surface area contributed by atoms with Gasteiger partial charge in [-0.3, -0.25) is 4.90 Å². The molecule has 1 unspecified atom stereocenters. The quantitative estimate of drug-likeness (QED) is 0.329. The normalized spacial score (nSPS) is 12.3. The van der Waals surface area contributed by atoms with Crippen molar-refractivity contribution in [3.63, 3.8) is 0 Å². The Labute approximate surface area is 177 Å². The van der Waals surface area contributed by atoms with Crippen LogP contribution in [0.1, 0.15) is 35.7 Å². The van der Waals surface area contributed by atoms with Crippen LogP contribution in [0, 0.1) is 6.92 Å². The molecule has 3 nitrogen and oxygen atoms in total. The summed E-state index contributed by atoms with van der Waals surface area (Å²) < 4.78 is 0. The molecule has 1 atom stereocenters. The molecule has 0 radical (unpaired) electrons. The number of benzene rings is 2. The van der Waals surface area contributed by atoms with Gasteiger partial charge in [0.25, 0.3) is 0 Å². The molecule has 0 saturated carbocycles. The van der Waals surface area contributed by atoms with Crippen molar-refractivity contribution in [1.82, 2.24) is 14.9 Å². The molecule has 0 aliphatic rings. The van der Waals surface area contributed by atoms with Crippen LogP contribution >= 0.6 is 23.2 Å². The number of rotatable bonds is 8. The van der Waals surface area contributed by atoms with Gasteiger partial charge < -0.3 is 0 Å².